The highest BCUT2D eigenvalue weighted by Gasteiger charge is 2.23. The van der Waals surface area contributed by atoms with E-state index in [4.69, 9.17) is 0 Å². The number of rotatable bonds is 14. The summed E-state index contributed by atoms with van der Waals surface area (Å²) in [6.07, 6.45) is 9.10. The van der Waals surface area contributed by atoms with E-state index < -0.39 is 0 Å². The number of nitrogens with one attached hydrogen (secondary N) is 2. The molecule has 0 aliphatic carbocycles. The van der Waals surface area contributed by atoms with E-state index in [1.807, 2.05) is 9.80 Å². The first-order valence-electron chi connectivity index (χ1n) is 12.6. The first-order chi connectivity index (χ1) is 15.0. The lowest BCUT2D eigenvalue weighted by Gasteiger charge is -2.35. The second-order valence-corrected chi connectivity index (χ2v) is 8.92. The fourth-order valence-corrected chi connectivity index (χ4v) is 3.70. The number of unbranched alkanes of at least 4 members (excludes halogenated alkanes) is 5. The van der Waals surface area contributed by atoms with Crippen molar-refractivity contribution >= 4 is 17.8 Å². The molecule has 0 atom stereocenters. The molecule has 0 saturated carbocycles. The van der Waals surface area contributed by atoms with E-state index in [2.05, 4.69) is 43.3 Å². The Labute approximate surface area is 190 Å². The van der Waals surface area contributed by atoms with Gasteiger partial charge in [0.05, 0.1) is 0 Å². The number of hydrogen-bond donors (Lipinski definition) is 2. The number of guanidine groups is 1. The molecule has 0 radical (unpaired) electrons. The summed E-state index contributed by atoms with van der Waals surface area (Å²) in [5, 5.41) is 6.70. The maximum atomic E-state index is 12.4. The van der Waals surface area contributed by atoms with E-state index in [0.717, 1.165) is 44.9 Å². The third-order valence-corrected chi connectivity index (χ3v) is 5.55. The van der Waals surface area contributed by atoms with Crippen LogP contribution in [0.3, 0.4) is 0 Å². The van der Waals surface area contributed by atoms with Crippen molar-refractivity contribution in [3.8, 4) is 0 Å². The first kappa shape index (κ1) is 27.2. The van der Waals surface area contributed by atoms with Gasteiger partial charge in [-0.1, -0.05) is 46.5 Å². The second-order valence-electron chi connectivity index (χ2n) is 8.92. The molecule has 2 amide bonds. The van der Waals surface area contributed by atoms with E-state index >= 15 is 0 Å². The fourth-order valence-electron chi connectivity index (χ4n) is 3.70. The zero-order valence-electron chi connectivity index (χ0n) is 20.5. The second kappa shape index (κ2) is 16.8. The Morgan fingerprint density at radius 1 is 0.839 bits per heavy atom. The topological polar surface area (TPSA) is 77.0 Å². The molecule has 180 valence electrons. The Bertz CT molecular complexity index is 528. The lowest BCUT2D eigenvalue weighted by atomic mass is 10.1. The van der Waals surface area contributed by atoms with Gasteiger partial charge < -0.3 is 20.4 Å². The molecule has 7 nitrogen and oxygen atoms in total. The zero-order valence-corrected chi connectivity index (χ0v) is 20.5. The third kappa shape index (κ3) is 12.6. The number of aliphatic imine (C=N–C) groups is 1. The summed E-state index contributed by atoms with van der Waals surface area (Å²) >= 11 is 0. The molecule has 7 heteroatoms. The number of carbonyl (C=O) groups is 2. The van der Waals surface area contributed by atoms with Crippen LogP contribution in [0.2, 0.25) is 0 Å². The van der Waals surface area contributed by atoms with E-state index in [-0.39, 0.29) is 11.8 Å². The molecule has 2 N–H and O–H groups in total. The summed E-state index contributed by atoms with van der Waals surface area (Å²) in [5.41, 5.74) is 0. The minimum absolute atomic E-state index is 0.218. The van der Waals surface area contributed by atoms with Gasteiger partial charge in [-0.2, -0.15) is 0 Å². The molecule has 1 fully saturated rings. The summed E-state index contributed by atoms with van der Waals surface area (Å²) in [6.45, 7) is 13.7. The zero-order chi connectivity index (χ0) is 22.9. The molecule has 31 heavy (non-hydrogen) atoms. The van der Waals surface area contributed by atoms with Crippen molar-refractivity contribution in [3.63, 3.8) is 0 Å². The quantitative estimate of drug-likeness (QED) is 0.248. The molecule has 0 bridgehead atoms. The predicted molar refractivity (Wildman–Crippen MR) is 129 cm³/mol. The fraction of sp³-hybridized carbons (Fsp3) is 0.875. The van der Waals surface area contributed by atoms with Crippen LogP contribution in [0.4, 0.5) is 0 Å². The van der Waals surface area contributed by atoms with Crippen molar-refractivity contribution < 1.29 is 9.59 Å². The lowest BCUT2D eigenvalue weighted by Crippen LogP contribution is -2.50. The van der Waals surface area contributed by atoms with Gasteiger partial charge in [-0.25, -0.2) is 0 Å². The average Bonchev–Trinajstić information content (AvgIpc) is 2.75. The van der Waals surface area contributed by atoms with E-state index in [1.54, 1.807) is 0 Å². The van der Waals surface area contributed by atoms with Crippen LogP contribution < -0.4 is 10.6 Å². The summed E-state index contributed by atoms with van der Waals surface area (Å²) in [4.78, 5) is 33.1. The molecule has 1 heterocycles. The van der Waals surface area contributed by atoms with Crippen molar-refractivity contribution in [2.75, 3.05) is 45.8 Å². The van der Waals surface area contributed by atoms with Gasteiger partial charge in [0.25, 0.3) is 0 Å². The number of piperazine rings is 1. The Balaban J connectivity index is 2.16. The van der Waals surface area contributed by atoms with Gasteiger partial charge >= 0.3 is 0 Å². The maximum Gasteiger partial charge on any atom is 0.222 e. The minimum Gasteiger partial charge on any atom is -0.357 e. The van der Waals surface area contributed by atoms with Crippen molar-refractivity contribution in [1.82, 2.24) is 20.4 Å². The Hall–Kier alpha value is -1.79. The van der Waals surface area contributed by atoms with Crippen LogP contribution in [-0.4, -0.2) is 73.4 Å². The number of nitrogens with zero attached hydrogens (tertiary/aromatic N) is 3. The molecule has 0 spiro atoms. The minimum atomic E-state index is 0.218. The monoisotopic (exact) mass is 437 g/mol. The van der Waals surface area contributed by atoms with E-state index in [9.17, 15) is 9.59 Å². The van der Waals surface area contributed by atoms with Crippen molar-refractivity contribution in [1.29, 1.82) is 0 Å². The molecule has 0 aromatic rings. The Morgan fingerprint density at radius 3 is 2.10 bits per heavy atom. The third-order valence-electron chi connectivity index (χ3n) is 5.55. The molecule has 0 aromatic carbocycles. The van der Waals surface area contributed by atoms with Crippen molar-refractivity contribution in [2.24, 2.45) is 10.9 Å². The van der Waals surface area contributed by atoms with Crippen molar-refractivity contribution in [2.45, 2.75) is 85.5 Å². The molecule has 1 aliphatic rings. The summed E-state index contributed by atoms with van der Waals surface area (Å²) < 4.78 is 0. The lowest BCUT2D eigenvalue weighted by molar-refractivity contribution is -0.140. The standard InChI is InChI=1S/C24H47N5O2/c1-5-7-8-11-14-26-24(25-6-2)27-15-12-9-10-13-22(30)28-16-18-29(19-17-28)23(31)20-21(3)4/h21H,5-20H2,1-4H3,(H2,25,26,27). The van der Waals surface area contributed by atoms with Crippen LogP contribution in [0, 0.1) is 5.92 Å². The average molecular weight is 438 g/mol. The summed E-state index contributed by atoms with van der Waals surface area (Å²) in [7, 11) is 0. The normalized spacial score (nSPS) is 14.8. The Kier molecular flexibility index (Phi) is 14.8. The van der Waals surface area contributed by atoms with E-state index in [1.165, 1.54) is 25.7 Å². The highest BCUT2D eigenvalue weighted by atomic mass is 16.2. The highest BCUT2D eigenvalue weighted by Crippen LogP contribution is 2.10. The Morgan fingerprint density at radius 2 is 1.48 bits per heavy atom. The molecule has 1 rings (SSSR count). The molecule has 0 unspecified atom stereocenters. The van der Waals surface area contributed by atoms with Gasteiger partial charge in [0.2, 0.25) is 11.8 Å². The molecule has 1 saturated heterocycles. The van der Waals surface area contributed by atoms with Crippen molar-refractivity contribution in [3.05, 3.63) is 0 Å². The summed E-state index contributed by atoms with van der Waals surface area (Å²) in [5.74, 6) is 1.73. The molecular formula is C24H47N5O2. The molecule has 0 aromatic heterocycles. The molecular weight excluding hydrogens is 390 g/mol. The van der Waals surface area contributed by atoms with Gasteiger partial charge in [0.1, 0.15) is 0 Å². The van der Waals surface area contributed by atoms with Crippen LogP contribution in [0.1, 0.15) is 85.5 Å². The largest absolute Gasteiger partial charge is 0.357 e. The number of hydrogen-bond acceptors (Lipinski definition) is 3. The first-order valence-corrected chi connectivity index (χ1v) is 12.6. The molecule has 1 aliphatic heterocycles. The number of amides is 2. The maximum absolute atomic E-state index is 12.4. The van der Waals surface area contributed by atoms with Crippen LogP contribution in [0.15, 0.2) is 4.99 Å². The van der Waals surface area contributed by atoms with E-state index in [0.29, 0.717) is 44.9 Å². The van der Waals surface area contributed by atoms with Gasteiger partial charge in [-0.05, 0) is 32.1 Å². The summed E-state index contributed by atoms with van der Waals surface area (Å²) in [6, 6.07) is 0. The van der Waals surface area contributed by atoms with Crippen LogP contribution in [-0.2, 0) is 9.59 Å². The van der Waals surface area contributed by atoms with Crippen LogP contribution >= 0.6 is 0 Å². The van der Waals surface area contributed by atoms with Crippen LogP contribution in [0.25, 0.3) is 0 Å². The smallest absolute Gasteiger partial charge is 0.222 e. The highest BCUT2D eigenvalue weighted by molar-refractivity contribution is 5.79. The van der Waals surface area contributed by atoms with Crippen LogP contribution in [0.5, 0.6) is 0 Å². The van der Waals surface area contributed by atoms with Gasteiger partial charge in [-0.3, -0.25) is 14.6 Å². The van der Waals surface area contributed by atoms with Gasteiger partial charge in [-0.15, -0.1) is 0 Å². The predicted octanol–water partition coefficient (Wildman–Crippen LogP) is 3.40. The number of carbonyl (C=O) groups excluding carboxylic acids is 2. The SMILES string of the molecule is CCCCCCNC(=NCCCCCC(=O)N1CCN(C(=O)CC(C)C)CC1)NCC. The van der Waals surface area contributed by atoms with Gasteiger partial charge in [0, 0.05) is 58.7 Å². The van der Waals surface area contributed by atoms with Gasteiger partial charge in [0.15, 0.2) is 5.96 Å².